The van der Waals surface area contributed by atoms with Gasteiger partial charge in [0, 0.05) is 17.8 Å². The van der Waals surface area contributed by atoms with Crippen LogP contribution in [-0.4, -0.2) is 5.91 Å². The van der Waals surface area contributed by atoms with Crippen molar-refractivity contribution in [1.29, 1.82) is 0 Å². The molecule has 0 saturated carbocycles. The van der Waals surface area contributed by atoms with Crippen LogP contribution in [0.5, 0.6) is 0 Å². The molecule has 0 aliphatic heterocycles. The van der Waals surface area contributed by atoms with Crippen LogP contribution in [0, 0.1) is 74.4 Å². The van der Waals surface area contributed by atoms with Crippen molar-refractivity contribution in [2.24, 2.45) is 0 Å². The molecule has 180 valence electrons. The molecule has 3 aromatic rings. The maximum Gasteiger partial charge on any atom is 0.252 e. The SMILES string of the molecule is Cc1c(C)c(C)c(NC(=O)C(Sc2cccc[n+]2[O-])c2c(C)c(C)c(C)c(C)c2C)c(C)c1C. The minimum atomic E-state index is -0.568. The van der Waals surface area contributed by atoms with Gasteiger partial charge in [-0.15, -0.1) is 0 Å². The molecule has 0 spiro atoms. The number of anilines is 1. The molecule has 0 aliphatic rings. The molecule has 1 aromatic heterocycles. The minimum Gasteiger partial charge on any atom is -0.618 e. The van der Waals surface area contributed by atoms with Gasteiger partial charge in [0.15, 0.2) is 6.20 Å². The summed E-state index contributed by atoms with van der Waals surface area (Å²) in [6.45, 7) is 21.0. The number of rotatable bonds is 5. The first-order chi connectivity index (χ1) is 15.9. The van der Waals surface area contributed by atoms with E-state index in [4.69, 9.17) is 0 Å². The summed E-state index contributed by atoms with van der Waals surface area (Å²) < 4.78 is 0.834. The van der Waals surface area contributed by atoms with Gasteiger partial charge in [-0.1, -0.05) is 0 Å². The summed E-state index contributed by atoms with van der Waals surface area (Å²) in [7, 11) is 0. The van der Waals surface area contributed by atoms with Gasteiger partial charge in [0.25, 0.3) is 5.03 Å². The predicted molar refractivity (Wildman–Crippen MR) is 143 cm³/mol. The zero-order valence-electron chi connectivity index (χ0n) is 22.1. The van der Waals surface area contributed by atoms with Gasteiger partial charge in [0.1, 0.15) is 5.25 Å². The second kappa shape index (κ2) is 9.83. The summed E-state index contributed by atoms with van der Waals surface area (Å²) >= 11 is 1.31. The van der Waals surface area contributed by atoms with Crippen LogP contribution >= 0.6 is 11.8 Å². The normalized spacial score (nSPS) is 12.1. The van der Waals surface area contributed by atoms with Gasteiger partial charge >= 0.3 is 0 Å². The molecule has 1 unspecified atom stereocenters. The smallest absolute Gasteiger partial charge is 0.252 e. The number of amides is 1. The van der Waals surface area contributed by atoms with Crippen LogP contribution in [0.1, 0.15) is 66.4 Å². The maximum absolute atomic E-state index is 14.0. The van der Waals surface area contributed by atoms with E-state index >= 15 is 0 Å². The summed E-state index contributed by atoms with van der Waals surface area (Å²) in [5.41, 5.74) is 13.5. The van der Waals surface area contributed by atoms with Gasteiger partial charge in [-0.2, -0.15) is 4.73 Å². The van der Waals surface area contributed by atoms with Crippen LogP contribution in [0.2, 0.25) is 0 Å². The number of aromatic nitrogens is 1. The lowest BCUT2D eigenvalue weighted by Gasteiger charge is -2.26. The third-order valence-electron chi connectivity index (χ3n) is 7.83. The molecule has 1 amide bonds. The van der Waals surface area contributed by atoms with Gasteiger partial charge in [-0.25, -0.2) is 0 Å². The summed E-state index contributed by atoms with van der Waals surface area (Å²) in [6, 6.07) is 5.30. The molecule has 1 heterocycles. The highest BCUT2D eigenvalue weighted by atomic mass is 32.2. The number of nitrogens with one attached hydrogen (secondary N) is 1. The first kappa shape index (κ1) is 25.8. The van der Waals surface area contributed by atoms with Crippen molar-refractivity contribution in [3.63, 3.8) is 0 Å². The Morgan fingerprint density at radius 2 is 1.18 bits per heavy atom. The average Bonchev–Trinajstić information content (AvgIpc) is 2.82. The van der Waals surface area contributed by atoms with Crippen LogP contribution in [-0.2, 0) is 4.79 Å². The number of carbonyl (C=O) groups is 1. The number of pyridine rings is 1. The van der Waals surface area contributed by atoms with Crippen LogP contribution in [0.4, 0.5) is 5.69 Å². The summed E-state index contributed by atoms with van der Waals surface area (Å²) in [5.74, 6) is -0.114. The van der Waals surface area contributed by atoms with Crippen molar-refractivity contribution in [3.8, 4) is 0 Å². The van der Waals surface area contributed by atoms with Crippen LogP contribution in [0.15, 0.2) is 29.4 Å². The Labute approximate surface area is 208 Å². The van der Waals surface area contributed by atoms with E-state index < -0.39 is 5.25 Å². The van der Waals surface area contributed by atoms with Crippen LogP contribution in [0.25, 0.3) is 0 Å². The quantitative estimate of drug-likeness (QED) is 0.248. The number of thioether (sulfide) groups is 1. The molecule has 34 heavy (non-hydrogen) atoms. The second-order valence-electron chi connectivity index (χ2n) is 9.39. The Kier molecular flexibility index (Phi) is 7.47. The van der Waals surface area contributed by atoms with Crippen molar-refractivity contribution < 1.29 is 9.52 Å². The topological polar surface area (TPSA) is 56.0 Å². The summed E-state index contributed by atoms with van der Waals surface area (Å²) in [6.07, 6.45) is 1.48. The van der Waals surface area contributed by atoms with Gasteiger partial charge in [-0.3, -0.25) is 4.79 Å². The lowest BCUT2D eigenvalue weighted by Crippen LogP contribution is -2.30. The lowest BCUT2D eigenvalue weighted by atomic mass is 9.87. The first-order valence-electron chi connectivity index (χ1n) is 11.7. The van der Waals surface area contributed by atoms with E-state index in [0.29, 0.717) is 5.03 Å². The van der Waals surface area contributed by atoms with Crippen molar-refractivity contribution in [2.45, 2.75) is 79.5 Å². The molecule has 4 nitrogen and oxygen atoms in total. The molecule has 0 bridgehead atoms. The molecule has 3 rings (SSSR count). The number of hydrogen-bond donors (Lipinski definition) is 1. The Morgan fingerprint density at radius 3 is 1.65 bits per heavy atom. The summed E-state index contributed by atoms with van der Waals surface area (Å²) in [5, 5.41) is 15.7. The predicted octanol–water partition coefficient (Wildman–Crippen LogP) is 6.88. The molecular formula is C29H36N2O2S. The van der Waals surface area contributed by atoms with Gasteiger partial charge in [0.05, 0.1) is 0 Å². The highest BCUT2D eigenvalue weighted by molar-refractivity contribution is 8.00. The van der Waals surface area contributed by atoms with E-state index in [2.05, 4.69) is 74.6 Å². The minimum absolute atomic E-state index is 0.114. The van der Waals surface area contributed by atoms with Crippen LogP contribution < -0.4 is 10.0 Å². The molecule has 0 aliphatic carbocycles. The van der Waals surface area contributed by atoms with Gasteiger partial charge < -0.3 is 10.5 Å². The van der Waals surface area contributed by atoms with Crippen molar-refractivity contribution >= 4 is 23.4 Å². The zero-order valence-corrected chi connectivity index (χ0v) is 22.9. The Morgan fingerprint density at radius 1 is 0.735 bits per heavy atom. The molecule has 0 fully saturated rings. The second-order valence-corrected chi connectivity index (χ2v) is 10.5. The zero-order chi connectivity index (χ0) is 25.5. The number of benzene rings is 2. The van der Waals surface area contributed by atoms with Gasteiger partial charge in [0.2, 0.25) is 5.91 Å². The van der Waals surface area contributed by atoms with E-state index in [1.54, 1.807) is 12.1 Å². The van der Waals surface area contributed by atoms with Crippen molar-refractivity contribution in [1.82, 2.24) is 0 Å². The molecule has 5 heteroatoms. The molecule has 2 aromatic carbocycles. The fraction of sp³-hybridized carbons (Fsp3) is 0.379. The Hall–Kier alpha value is -2.79. The monoisotopic (exact) mass is 476 g/mol. The molecule has 1 atom stereocenters. The largest absolute Gasteiger partial charge is 0.618 e. The van der Waals surface area contributed by atoms with Crippen molar-refractivity contribution in [3.05, 3.63) is 90.8 Å². The Balaban J connectivity index is 2.19. The van der Waals surface area contributed by atoms with E-state index in [1.807, 2.05) is 6.07 Å². The number of carbonyl (C=O) groups excluding carboxylic acids is 1. The van der Waals surface area contributed by atoms with Gasteiger partial charge in [-0.05, 0) is 148 Å². The maximum atomic E-state index is 14.0. The van der Waals surface area contributed by atoms with E-state index in [-0.39, 0.29) is 5.91 Å². The average molecular weight is 477 g/mol. The van der Waals surface area contributed by atoms with E-state index in [0.717, 1.165) is 38.2 Å². The fourth-order valence-corrected chi connectivity index (χ4v) is 5.87. The van der Waals surface area contributed by atoms with Crippen LogP contribution in [0.3, 0.4) is 0 Å². The van der Waals surface area contributed by atoms with Crippen molar-refractivity contribution in [2.75, 3.05) is 5.32 Å². The summed E-state index contributed by atoms with van der Waals surface area (Å²) in [4.78, 5) is 14.0. The highest BCUT2D eigenvalue weighted by Crippen LogP contribution is 2.41. The van der Waals surface area contributed by atoms with E-state index in [9.17, 15) is 10.0 Å². The third kappa shape index (κ3) is 4.46. The molecule has 0 radical (unpaired) electrons. The number of nitrogens with zero attached hydrogens (tertiary/aromatic N) is 1. The van der Waals surface area contributed by atoms with E-state index in [1.165, 1.54) is 51.3 Å². The molecule has 0 saturated heterocycles. The highest BCUT2D eigenvalue weighted by Gasteiger charge is 2.31. The number of hydrogen-bond acceptors (Lipinski definition) is 3. The fourth-order valence-electron chi connectivity index (χ4n) is 4.67. The third-order valence-corrected chi connectivity index (χ3v) is 9.08. The Bertz CT molecular complexity index is 1240. The lowest BCUT2D eigenvalue weighted by molar-refractivity contribution is -0.645. The molecule has 1 N–H and O–H groups in total. The molecular weight excluding hydrogens is 440 g/mol. The first-order valence-corrected chi connectivity index (χ1v) is 12.6. The standard InChI is InChI=1S/C29H36N2O2S/c1-15-17(3)21(7)26(22(8)18(15)4)28(34-25-13-11-12-14-31(25)33)29(32)30-27-23(9)19(5)16(2)20(6)24(27)10/h11-14,28H,1-10H3,(H,30,32).